The van der Waals surface area contributed by atoms with Crippen molar-refractivity contribution >= 4 is 44.8 Å². The zero-order chi connectivity index (χ0) is 29.9. The van der Waals surface area contributed by atoms with Crippen LogP contribution in [0.1, 0.15) is 35.3 Å². The molecule has 0 aliphatic carbocycles. The van der Waals surface area contributed by atoms with E-state index in [-0.39, 0.29) is 40.3 Å². The van der Waals surface area contributed by atoms with E-state index in [4.69, 9.17) is 27.9 Å². The summed E-state index contributed by atoms with van der Waals surface area (Å²) in [6, 6.07) is 16.4. The lowest BCUT2D eigenvalue weighted by atomic mass is 9.99. The molecule has 1 amide bonds. The highest BCUT2D eigenvalue weighted by molar-refractivity contribution is 7.92. The molecule has 0 saturated heterocycles. The Morgan fingerprint density at radius 3 is 2.49 bits per heavy atom. The standard InChI is InChI=1S/C30H35Cl2N3O5S/c1-19-8-11-23(12-9-19)41(38,39)33-27-7-5-6-24-29(27)40-28(20(2)15-35(30(24)37)21(3)18-36)17-34(4)16-22-10-13-25(31)26(32)14-22/h5-14,20-21,28,33,36H,15-18H2,1-4H3/t20-,21+,28+/m0/s1. The summed E-state index contributed by atoms with van der Waals surface area (Å²) in [7, 11) is -2.02. The van der Waals surface area contributed by atoms with Gasteiger partial charge in [0.05, 0.1) is 38.8 Å². The second kappa shape index (κ2) is 13.0. The van der Waals surface area contributed by atoms with Gasteiger partial charge in [-0.1, -0.05) is 60.0 Å². The number of anilines is 1. The predicted molar refractivity (Wildman–Crippen MR) is 162 cm³/mol. The summed E-state index contributed by atoms with van der Waals surface area (Å²) in [5.41, 5.74) is 2.29. The Morgan fingerprint density at radius 2 is 1.83 bits per heavy atom. The molecule has 3 aromatic rings. The van der Waals surface area contributed by atoms with Crippen molar-refractivity contribution in [1.82, 2.24) is 9.80 Å². The third kappa shape index (κ3) is 7.34. The number of aliphatic hydroxyl groups excluding tert-OH is 1. The van der Waals surface area contributed by atoms with Gasteiger partial charge in [-0.2, -0.15) is 0 Å². The molecule has 0 bridgehead atoms. The molecule has 0 spiro atoms. The monoisotopic (exact) mass is 619 g/mol. The van der Waals surface area contributed by atoms with Crippen LogP contribution < -0.4 is 9.46 Å². The van der Waals surface area contributed by atoms with Gasteiger partial charge in [0.2, 0.25) is 0 Å². The molecule has 0 fully saturated rings. The van der Waals surface area contributed by atoms with Crippen molar-refractivity contribution in [2.24, 2.45) is 5.92 Å². The number of ether oxygens (including phenoxy) is 1. The summed E-state index contributed by atoms with van der Waals surface area (Å²) in [6.45, 7) is 6.81. The third-order valence-electron chi connectivity index (χ3n) is 7.19. The molecule has 3 aromatic carbocycles. The van der Waals surface area contributed by atoms with Gasteiger partial charge in [-0.3, -0.25) is 14.4 Å². The number of likely N-dealkylation sites (N-methyl/N-ethyl adjacent to an activating group) is 1. The van der Waals surface area contributed by atoms with Crippen molar-refractivity contribution in [1.29, 1.82) is 0 Å². The van der Waals surface area contributed by atoms with Crippen LogP contribution in [0, 0.1) is 12.8 Å². The van der Waals surface area contributed by atoms with Crippen LogP contribution in [0.25, 0.3) is 0 Å². The summed E-state index contributed by atoms with van der Waals surface area (Å²) in [6.07, 6.45) is -0.423. The van der Waals surface area contributed by atoms with Gasteiger partial charge in [0, 0.05) is 25.6 Å². The normalized spacial score (nSPS) is 18.3. The van der Waals surface area contributed by atoms with Gasteiger partial charge in [-0.05, 0) is 62.9 Å². The number of carbonyl (C=O) groups is 1. The fraction of sp³-hybridized carbons (Fsp3) is 0.367. The van der Waals surface area contributed by atoms with Gasteiger partial charge in [-0.15, -0.1) is 0 Å². The summed E-state index contributed by atoms with van der Waals surface area (Å²) in [4.78, 5) is 17.5. The van der Waals surface area contributed by atoms with Crippen LogP contribution in [0.4, 0.5) is 5.69 Å². The molecule has 220 valence electrons. The lowest BCUT2D eigenvalue weighted by molar-refractivity contribution is 0.0344. The molecular formula is C30H35Cl2N3O5S. The Morgan fingerprint density at radius 1 is 1.12 bits per heavy atom. The maximum atomic E-state index is 13.7. The Hall–Kier alpha value is -2.82. The predicted octanol–water partition coefficient (Wildman–Crippen LogP) is 5.45. The number of hydrogen-bond donors (Lipinski definition) is 2. The second-order valence-corrected chi connectivity index (χ2v) is 13.2. The van der Waals surface area contributed by atoms with Crippen LogP contribution in [-0.4, -0.2) is 68.1 Å². The number of aliphatic hydroxyl groups is 1. The molecule has 1 aliphatic rings. The number of rotatable bonds is 9. The van der Waals surface area contributed by atoms with E-state index in [1.54, 1.807) is 48.2 Å². The number of sulfonamides is 1. The zero-order valence-corrected chi connectivity index (χ0v) is 25.8. The van der Waals surface area contributed by atoms with Crippen molar-refractivity contribution in [2.75, 3.05) is 31.5 Å². The maximum Gasteiger partial charge on any atom is 0.262 e. The van der Waals surface area contributed by atoms with Crippen molar-refractivity contribution < 1.29 is 23.1 Å². The molecule has 1 heterocycles. The quantitative estimate of drug-likeness (QED) is 0.330. The molecule has 8 nitrogen and oxygen atoms in total. The van der Waals surface area contributed by atoms with Gasteiger partial charge in [0.1, 0.15) is 6.10 Å². The molecule has 0 saturated carbocycles. The van der Waals surface area contributed by atoms with E-state index in [1.165, 1.54) is 12.1 Å². The van der Waals surface area contributed by atoms with Gasteiger partial charge in [0.15, 0.2) is 5.75 Å². The summed E-state index contributed by atoms with van der Waals surface area (Å²) >= 11 is 12.3. The SMILES string of the molecule is Cc1ccc(S(=O)(=O)Nc2cccc3c2O[C@H](CN(C)Cc2ccc(Cl)c(Cl)c2)[C@@H](C)CN([C@H](C)CO)C3=O)cc1. The number of nitrogens with one attached hydrogen (secondary N) is 1. The highest BCUT2D eigenvalue weighted by Crippen LogP contribution is 2.36. The van der Waals surface area contributed by atoms with E-state index in [0.717, 1.165) is 11.1 Å². The average Bonchev–Trinajstić information content (AvgIpc) is 2.92. The van der Waals surface area contributed by atoms with Crippen LogP contribution in [0.2, 0.25) is 10.0 Å². The Bertz CT molecular complexity index is 1500. The minimum Gasteiger partial charge on any atom is -0.486 e. The van der Waals surface area contributed by atoms with Gasteiger partial charge in [-0.25, -0.2) is 8.42 Å². The number of para-hydroxylation sites is 1. The van der Waals surface area contributed by atoms with Crippen LogP contribution in [-0.2, 0) is 16.6 Å². The number of aryl methyl sites for hydroxylation is 1. The Labute approximate surface area is 251 Å². The lowest BCUT2D eigenvalue weighted by Gasteiger charge is -2.38. The first-order chi connectivity index (χ1) is 19.4. The number of halogens is 2. The molecule has 11 heteroatoms. The minimum atomic E-state index is -3.97. The number of hydrogen-bond acceptors (Lipinski definition) is 6. The first kappa shape index (κ1) is 31.1. The van der Waals surface area contributed by atoms with Gasteiger partial charge in [0.25, 0.3) is 15.9 Å². The van der Waals surface area contributed by atoms with E-state index in [2.05, 4.69) is 9.62 Å². The maximum absolute atomic E-state index is 13.7. The highest BCUT2D eigenvalue weighted by Gasteiger charge is 2.35. The van der Waals surface area contributed by atoms with Crippen LogP contribution in [0.3, 0.4) is 0 Å². The molecule has 0 radical (unpaired) electrons. The Kier molecular flexibility index (Phi) is 9.87. The zero-order valence-electron chi connectivity index (χ0n) is 23.5. The molecule has 3 atom stereocenters. The molecular weight excluding hydrogens is 585 g/mol. The topological polar surface area (TPSA) is 99.2 Å². The minimum absolute atomic E-state index is 0.0969. The van der Waals surface area contributed by atoms with E-state index in [1.807, 2.05) is 33.0 Å². The third-order valence-corrected chi connectivity index (χ3v) is 9.32. The van der Waals surface area contributed by atoms with Crippen molar-refractivity contribution in [3.05, 3.63) is 87.4 Å². The molecule has 0 unspecified atom stereocenters. The molecule has 4 rings (SSSR count). The van der Waals surface area contributed by atoms with Gasteiger partial charge < -0.3 is 14.7 Å². The van der Waals surface area contributed by atoms with Crippen LogP contribution >= 0.6 is 23.2 Å². The smallest absolute Gasteiger partial charge is 0.262 e. The number of benzene rings is 3. The fourth-order valence-electron chi connectivity index (χ4n) is 4.78. The Balaban J connectivity index is 1.70. The molecule has 41 heavy (non-hydrogen) atoms. The number of carbonyl (C=O) groups excluding carboxylic acids is 1. The first-order valence-corrected chi connectivity index (χ1v) is 15.6. The number of amides is 1. The molecule has 2 N–H and O–H groups in total. The number of fused-ring (bicyclic) bond motifs is 1. The van der Waals surface area contributed by atoms with Crippen molar-refractivity contribution in [3.8, 4) is 5.75 Å². The van der Waals surface area contributed by atoms with Crippen molar-refractivity contribution in [3.63, 3.8) is 0 Å². The van der Waals surface area contributed by atoms with Crippen LogP contribution in [0.15, 0.2) is 65.6 Å². The largest absolute Gasteiger partial charge is 0.486 e. The average molecular weight is 621 g/mol. The van der Waals surface area contributed by atoms with Crippen molar-refractivity contribution in [2.45, 2.75) is 44.4 Å². The second-order valence-electron chi connectivity index (χ2n) is 10.7. The molecule has 1 aliphatic heterocycles. The van der Waals surface area contributed by atoms with E-state index < -0.39 is 22.2 Å². The molecule has 0 aromatic heterocycles. The summed E-state index contributed by atoms with van der Waals surface area (Å²) in [5, 5.41) is 10.9. The van der Waals surface area contributed by atoms with E-state index in [9.17, 15) is 18.3 Å². The first-order valence-electron chi connectivity index (χ1n) is 13.3. The van der Waals surface area contributed by atoms with E-state index >= 15 is 0 Å². The highest BCUT2D eigenvalue weighted by atomic mass is 35.5. The van der Waals surface area contributed by atoms with E-state index in [0.29, 0.717) is 29.7 Å². The summed E-state index contributed by atoms with van der Waals surface area (Å²) < 4.78 is 35.8. The number of nitrogens with zero attached hydrogens (tertiary/aromatic N) is 2. The van der Waals surface area contributed by atoms with Crippen LogP contribution in [0.5, 0.6) is 5.75 Å². The lowest BCUT2D eigenvalue weighted by Crippen LogP contribution is -2.49. The summed E-state index contributed by atoms with van der Waals surface area (Å²) in [5.74, 6) is -0.339. The van der Waals surface area contributed by atoms with Gasteiger partial charge >= 0.3 is 0 Å². The fourth-order valence-corrected chi connectivity index (χ4v) is 6.17.